The highest BCUT2D eigenvalue weighted by atomic mass is 16.5. The first-order valence-electron chi connectivity index (χ1n) is 9.56. The molecule has 0 heterocycles. The molecule has 162 valence electrons. The summed E-state index contributed by atoms with van der Waals surface area (Å²) in [6, 6.07) is 18.6. The average molecular weight is 422 g/mol. The van der Waals surface area contributed by atoms with Crippen molar-refractivity contribution in [2.45, 2.75) is 0 Å². The summed E-state index contributed by atoms with van der Waals surface area (Å²) in [4.78, 5) is 4.85. The molecule has 0 unspecified atom stereocenters. The second-order valence-electron chi connectivity index (χ2n) is 6.42. The van der Waals surface area contributed by atoms with Crippen LogP contribution in [0.25, 0.3) is 0 Å². The van der Waals surface area contributed by atoms with Crippen LogP contribution in [-0.4, -0.2) is 41.4 Å². The number of anilines is 1. The molecule has 0 atom stereocenters. The number of aliphatic imine (C=N–C) groups is 1. The second kappa shape index (κ2) is 10.2. The Morgan fingerprint density at radius 2 is 1.26 bits per heavy atom. The zero-order chi connectivity index (χ0) is 22.2. The zero-order valence-corrected chi connectivity index (χ0v) is 18.3. The van der Waals surface area contributed by atoms with Gasteiger partial charge in [0.25, 0.3) is 0 Å². The highest BCUT2D eigenvalue weighted by Gasteiger charge is 2.13. The maximum absolute atomic E-state index is 5.53. The second-order valence-corrected chi connectivity index (χ2v) is 6.42. The monoisotopic (exact) mass is 422 g/mol. The van der Waals surface area contributed by atoms with E-state index in [9.17, 15) is 0 Å². The molecule has 7 heteroatoms. The topological polar surface area (TPSA) is 70.5 Å². The fourth-order valence-corrected chi connectivity index (χ4v) is 2.96. The van der Waals surface area contributed by atoms with Crippen molar-refractivity contribution >= 4 is 17.2 Å². The van der Waals surface area contributed by atoms with E-state index in [0.29, 0.717) is 34.5 Å². The lowest BCUT2D eigenvalue weighted by Crippen LogP contribution is -2.14. The summed E-state index contributed by atoms with van der Waals surface area (Å²) in [5.74, 6) is 3.89. The lowest BCUT2D eigenvalue weighted by Gasteiger charge is -2.16. The van der Waals surface area contributed by atoms with Crippen molar-refractivity contribution in [1.29, 1.82) is 0 Å². The molecule has 3 rings (SSSR count). The summed E-state index contributed by atoms with van der Waals surface area (Å²) < 4.78 is 27.0. The molecule has 0 fully saturated rings. The van der Waals surface area contributed by atoms with Gasteiger partial charge in [-0.05, 0) is 36.4 Å². The van der Waals surface area contributed by atoms with E-state index in [1.807, 2.05) is 48.5 Å². The number of rotatable bonds is 8. The van der Waals surface area contributed by atoms with Crippen LogP contribution in [0.3, 0.4) is 0 Å². The molecule has 0 aliphatic rings. The maximum Gasteiger partial charge on any atom is 0.148 e. The minimum Gasteiger partial charge on any atom is -0.497 e. The molecule has 0 radical (unpaired) electrons. The van der Waals surface area contributed by atoms with Crippen molar-refractivity contribution < 1.29 is 23.7 Å². The molecule has 0 aliphatic heterocycles. The minimum absolute atomic E-state index is 0.586. The first-order valence-corrected chi connectivity index (χ1v) is 9.56. The predicted molar refractivity (Wildman–Crippen MR) is 122 cm³/mol. The molecule has 0 amide bonds. The van der Waals surface area contributed by atoms with Gasteiger partial charge in [0, 0.05) is 17.7 Å². The lowest BCUT2D eigenvalue weighted by molar-refractivity contribution is 0.395. The molecule has 0 saturated carbocycles. The molecular formula is C24H26N2O5. The van der Waals surface area contributed by atoms with E-state index in [0.717, 1.165) is 17.0 Å². The van der Waals surface area contributed by atoms with E-state index in [1.165, 1.54) is 0 Å². The average Bonchev–Trinajstić information content (AvgIpc) is 2.83. The first kappa shape index (κ1) is 21.8. The summed E-state index contributed by atoms with van der Waals surface area (Å²) in [5, 5.41) is 3.37. The van der Waals surface area contributed by atoms with Crippen LogP contribution in [0.5, 0.6) is 28.7 Å². The molecule has 0 bridgehead atoms. The number of methoxy groups -OCH3 is 5. The van der Waals surface area contributed by atoms with Crippen LogP contribution in [0.4, 0.5) is 11.4 Å². The van der Waals surface area contributed by atoms with E-state index >= 15 is 0 Å². The van der Waals surface area contributed by atoms with E-state index in [-0.39, 0.29) is 0 Å². The van der Waals surface area contributed by atoms with Crippen molar-refractivity contribution in [2.75, 3.05) is 40.9 Å². The standard InChI is InChI=1S/C24H26N2O5/c1-27-17-8-6-7-16(13-17)24(25-20-11-9-18(28-2)14-22(20)30-4)26-21-12-10-19(29-3)15-23(21)31-5/h6-15H,1-5H3,(H,25,26). The van der Waals surface area contributed by atoms with Crippen LogP contribution in [0.2, 0.25) is 0 Å². The quantitative estimate of drug-likeness (QED) is 0.410. The van der Waals surface area contributed by atoms with Gasteiger partial charge in [-0.1, -0.05) is 12.1 Å². The van der Waals surface area contributed by atoms with Crippen molar-refractivity contribution in [3.63, 3.8) is 0 Å². The van der Waals surface area contributed by atoms with Gasteiger partial charge in [0.15, 0.2) is 0 Å². The minimum atomic E-state index is 0.586. The molecule has 0 aromatic heterocycles. The van der Waals surface area contributed by atoms with E-state index in [2.05, 4.69) is 5.32 Å². The van der Waals surface area contributed by atoms with Crippen LogP contribution < -0.4 is 29.0 Å². The molecular weight excluding hydrogens is 396 g/mol. The third-order valence-corrected chi connectivity index (χ3v) is 4.62. The number of hydrogen-bond donors (Lipinski definition) is 1. The largest absolute Gasteiger partial charge is 0.497 e. The first-order chi connectivity index (χ1) is 15.1. The Balaban J connectivity index is 2.11. The molecule has 7 nitrogen and oxygen atoms in total. The van der Waals surface area contributed by atoms with E-state index in [1.54, 1.807) is 47.7 Å². The van der Waals surface area contributed by atoms with Gasteiger partial charge >= 0.3 is 0 Å². The normalized spacial score (nSPS) is 10.9. The van der Waals surface area contributed by atoms with Gasteiger partial charge in [0.05, 0.1) is 41.2 Å². The number of nitrogens with zero attached hydrogens (tertiary/aromatic N) is 1. The van der Waals surface area contributed by atoms with Crippen LogP contribution in [0.1, 0.15) is 5.56 Å². The lowest BCUT2D eigenvalue weighted by atomic mass is 10.1. The molecule has 1 N–H and O–H groups in total. The number of benzene rings is 3. The van der Waals surface area contributed by atoms with Gasteiger partial charge in [-0.3, -0.25) is 0 Å². The van der Waals surface area contributed by atoms with Gasteiger partial charge in [0.1, 0.15) is 40.3 Å². The molecule has 31 heavy (non-hydrogen) atoms. The Kier molecular flexibility index (Phi) is 7.22. The summed E-state index contributed by atoms with van der Waals surface area (Å²) in [6.07, 6.45) is 0. The van der Waals surface area contributed by atoms with Crippen molar-refractivity contribution in [2.24, 2.45) is 4.99 Å². The van der Waals surface area contributed by atoms with Gasteiger partial charge in [-0.2, -0.15) is 0 Å². The molecule has 0 spiro atoms. The Labute approximate surface area is 182 Å². The van der Waals surface area contributed by atoms with Crippen molar-refractivity contribution in [3.8, 4) is 28.7 Å². The third kappa shape index (κ3) is 5.19. The maximum atomic E-state index is 5.53. The molecule has 0 saturated heterocycles. The Morgan fingerprint density at radius 3 is 1.90 bits per heavy atom. The van der Waals surface area contributed by atoms with Crippen LogP contribution in [-0.2, 0) is 0 Å². The Morgan fingerprint density at radius 1 is 0.645 bits per heavy atom. The van der Waals surface area contributed by atoms with Gasteiger partial charge in [-0.15, -0.1) is 0 Å². The zero-order valence-electron chi connectivity index (χ0n) is 18.3. The SMILES string of the molecule is COc1cccc(C(=Nc2ccc(OC)cc2OC)Nc2ccc(OC)cc2OC)c1. The number of ether oxygens (including phenoxy) is 5. The summed E-state index contributed by atoms with van der Waals surface area (Å²) in [6.45, 7) is 0. The summed E-state index contributed by atoms with van der Waals surface area (Å²) in [5.41, 5.74) is 2.20. The smallest absolute Gasteiger partial charge is 0.148 e. The van der Waals surface area contributed by atoms with Crippen molar-refractivity contribution in [1.82, 2.24) is 0 Å². The molecule has 3 aromatic carbocycles. The third-order valence-electron chi connectivity index (χ3n) is 4.62. The Bertz CT molecular complexity index is 1070. The highest BCUT2D eigenvalue weighted by Crippen LogP contribution is 2.34. The van der Waals surface area contributed by atoms with Crippen molar-refractivity contribution in [3.05, 3.63) is 66.2 Å². The number of hydrogen-bond acceptors (Lipinski definition) is 6. The van der Waals surface area contributed by atoms with Crippen LogP contribution >= 0.6 is 0 Å². The predicted octanol–water partition coefficient (Wildman–Crippen LogP) is 4.92. The van der Waals surface area contributed by atoms with Gasteiger partial charge in [-0.25, -0.2) is 4.99 Å². The molecule has 3 aromatic rings. The summed E-state index contributed by atoms with van der Waals surface area (Å²) >= 11 is 0. The number of amidine groups is 1. The molecule has 0 aliphatic carbocycles. The van der Waals surface area contributed by atoms with E-state index in [4.69, 9.17) is 28.7 Å². The highest BCUT2D eigenvalue weighted by molar-refractivity contribution is 6.10. The van der Waals surface area contributed by atoms with Gasteiger partial charge in [0.2, 0.25) is 0 Å². The summed E-state index contributed by atoms with van der Waals surface area (Å²) in [7, 11) is 8.05. The van der Waals surface area contributed by atoms with Gasteiger partial charge < -0.3 is 29.0 Å². The fourth-order valence-electron chi connectivity index (χ4n) is 2.96. The Hall–Kier alpha value is -3.87. The van der Waals surface area contributed by atoms with E-state index < -0.39 is 0 Å². The fraction of sp³-hybridized carbons (Fsp3) is 0.208. The number of nitrogens with one attached hydrogen (secondary N) is 1. The van der Waals surface area contributed by atoms with Crippen LogP contribution in [0.15, 0.2) is 65.7 Å². The van der Waals surface area contributed by atoms with Crippen LogP contribution in [0, 0.1) is 0 Å².